The molecule has 2 N–H and O–H groups in total. The van der Waals surface area contributed by atoms with Gasteiger partial charge < -0.3 is 5.32 Å². The third-order valence-electron chi connectivity index (χ3n) is 3.24. The molecule has 1 heterocycles. The van der Waals surface area contributed by atoms with Crippen molar-refractivity contribution in [3.63, 3.8) is 0 Å². The molecule has 0 radical (unpaired) electrons. The van der Waals surface area contributed by atoms with Gasteiger partial charge in [-0.3, -0.25) is 4.72 Å². The predicted octanol–water partition coefficient (Wildman–Crippen LogP) is 3.50. The molecule has 0 amide bonds. The number of nitrogens with zero attached hydrogens (tertiary/aromatic N) is 2. The number of hydrogen-bond acceptors (Lipinski definition) is 5. The van der Waals surface area contributed by atoms with E-state index >= 15 is 0 Å². The molecule has 0 aliphatic heterocycles. The van der Waals surface area contributed by atoms with Crippen LogP contribution in [-0.4, -0.2) is 24.4 Å². The minimum atomic E-state index is -3.35. The van der Waals surface area contributed by atoms with E-state index in [1.165, 1.54) is 5.56 Å². The molecule has 6 nitrogen and oxygen atoms in total. The van der Waals surface area contributed by atoms with Crippen LogP contribution in [0.1, 0.15) is 38.7 Å². The molecule has 0 saturated carbocycles. The Labute approximate surface area is 137 Å². The standard InChI is InChI=1S/C16H22N4O2S/c1-4-11-23(21,22)20-16-10-9-15(18-19-16)17-14-8-6-5-7-13(14)12(2)3/h5-10,12H,4,11H2,1-3H3,(H,17,18)(H,19,20). The Morgan fingerprint density at radius 1 is 1.04 bits per heavy atom. The van der Waals surface area contributed by atoms with Crippen molar-refractivity contribution in [2.75, 3.05) is 15.8 Å². The van der Waals surface area contributed by atoms with Crippen LogP contribution in [0.4, 0.5) is 17.3 Å². The van der Waals surface area contributed by atoms with E-state index in [9.17, 15) is 8.42 Å². The van der Waals surface area contributed by atoms with E-state index in [1.807, 2.05) is 25.1 Å². The number of hydrogen-bond donors (Lipinski definition) is 2. The second-order valence-electron chi connectivity index (χ2n) is 5.59. The highest BCUT2D eigenvalue weighted by Gasteiger charge is 2.11. The van der Waals surface area contributed by atoms with E-state index < -0.39 is 10.0 Å². The van der Waals surface area contributed by atoms with Crippen LogP contribution in [0.3, 0.4) is 0 Å². The van der Waals surface area contributed by atoms with Crippen LogP contribution in [0, 0.1) is 0 Å². The van der Waals surface area contributed by atoms with Crippen molar-refractivity contribution in [2.24, 2.45) is 0 Å². The minimum Gasteiger partial charge on any atom is -0.338 e. The van der Waals surface area contributed by atoms with Crippen LogP contribution in [0.5, 0.6) is 0 Å². The fraction of sp³-hybridized carbons (Fsp3) is 0.375. The van der Waals surface area contributed by atoms with E-state index in [0.29, 0.717) is 18.2 Å². The lowest BCUT2D eigenvalue weighted by molar-refractivity contribution is 0.599. The van der Waals surface area contributed by atoms with Crippen LogP contribution in [0.15, 0.2) is 36.4 Å². The van der Waals surface area contributed by atoms with E-state index in [2.05, 4.69) is 40.2 Å². The fourth-order valence-corrected chi connectivity index (χ4v) is 3.25. The van der Waals surface area contributed by atoms with Gasteiger partial charge in [0.25, 0.3) is 0 Å². The van der Waals surface area contributed by atoms with Crippen molar-refractivity contribution in [3.05, 3.63) is 42.0 Å². The first-order chi connectivity index (χ1) is 10.9. The smallest absolute Gasteiger partial charge is 0.233 e. The number of sulfonamides is 1. The van der Waals surface area contributed by atoms with Gasteiger partial charge >= 0.3 is 0 Å². The van der Waals surface area contributed by atoms with Gasteiger partial charge in [0.05, 0.1) is 5.75 Å². The summed E-state index contributed by atoms with van der Waals surface area (Å²) in [5, 5.41) is 11.2. The molecule has 2 aromatic rings. The lowest BCUT2D eigenvalue weighted by Crippen LogP contribution is -2.17. The quantitative estimate of drug-likeness (QED) is 0.809. The third kappa shape index (κ3) is 4.92. The molecule has 0 unspecified atom stereocenters. The molecule has 23 heavy (non-hydrogen) atoms. The molecule has 7 heteroatoms. The maximum absolute atomic E-state index is 11.7. The molecular weight excluding hydrogens is 312 g/mol. The normalized spacial score (nSPS) is 11.5. The number of rotatable bonds is 7. The Hall–Kier alpha value is -2.15. The second-order valence-corrected chi connectivity index (χ2v) is 7.43. The summed E-state index contributed by atoms with van der Waals surface area (Å²) in [6.45, 7) is 6.06. The fourth-order valence-electron chi connectivity index (χ4n) is 2.18. The Kier molecular flexibility index (Phi) is 5.54. The molecule has 1 aromatic carbocycles. The topological polar surface area (TPSA) is 84.0 Å². The van der Waals surface area contributed by atoms with Crippen molar-refractivity contribution < 1.29 is 8.42 Å². The van der Waals surface area contributed by atoms with Crippen molar-refractivity contribution in [1.82, 2.24) is 10.2 Å². The average molecular weight is 334 g/mol. The molecule has 0 saturated heterocycles. The first-order valence-electron chi connectivity index (χ1n) is 7.61. The third-order valence-corrected chi connectivity index (χ3v) is 4.71. The Morgan fingerprint density at radius 2 is 1.70 bits per heavy atom. The van der Waals surface area contributed by atoms with Crippen LogP contribution in [-0.2, 0) is 10.0 Å². The van der Waals surface area contributed by atoms with Gasteiger partial charge in [-0.05, 0) is 36.1 Å². The zero-order valence-electron chi connectivity index (χ0n) is 13.6. The summed E-state index contributed by atoms with van der Waals surface area (Å²) in [6, 6.07) is 11.3. The molecule has 0 atom stereocenters. The van der Waals surface area contributed by atoms with Crippen molar-refractivity contribution in [3.8, 4) is 0 Å². The summed E-state index contributed by atoms with van der Waals surface area (Å²) in [5.74, 6) is 1.24. The van der Waals surface area contributed by atoms with Gasteiger partial charge in [-0.25, -0.2) is 8.42 Å². The molecular formula is C16H22N4O2S. The molecule has 0 fully saturated rings. The van der Waals surface area contributed by atoms with Crippen LogP contribution in [0.2, 0.25) is 0 Å². The minimum absolute atomic E-state index is 0.0659. The van der Waals surface area contributed by atoms with E-state index in [4.69, 9.17) is 0 Å². The van der Waals surface area contributed by atoms with Crippen LogP contribution >= 0.6 is 0 Å². The molecule has 0 spiro atoms. The number of para-hydroxylation sites is 1. The molecule has 0 aliphatic rings. The van der Waals surface area contributed by atoms with Crippen molar-refractivity contribution in [2.45, 2.75) is 33.1 Å². The first kappa shape index (κ1) is 17.2. The van der Waals surface area contributed by atoms with Crippen molar-refractivity contribution >= 4 is 27.3 Å². The van der Waals surface area contributed by atoms with Gasteiger partial charge in [0.2, 0.25) is 10.0 Å². The molecule has 0 aliphatic carbocycles. The van der Waals surface area contributed by atoms with E-state index in [0.717, 1.165) is 5.69 Å². The van der Waals surface area contributed by atoms with Crippen molar-refractivity contribution in [1.29, 1.82) is 0 Å². The highest BCUT2D eigenvalue weighted by Crippen LogP contribution is 2.26. The summed E-state index contributed by atoms with van der Waals surface area (Å²) >= 11 is 0. The summed E-state index contributed by atoms with van der Waals surface area (Å²) < 4.78 is 25.8. The highest BCUT2D eigenvalue weighted by molar-refractivity contribution is 7.92. The maximum Gasteiger partial charge on any atom is 0.233 e. The first-order valence-corrected chi connectivity index (χ1v) is 9.26. The predicted molar refractivity (Wildman–Crippen MR) is 93.5 cm³/mol. The number of benzene rings is 1. The largest absolute Gasteiger partial charge is 0.338 e. The Balaban J connectivity index is 2.12. The maximum atomic E-state index is 11.7. The summed E-state index contributed by atoms with van der Waals surface area (Å²) in [5.41, 5.74) is 2.15. The van der Waals surface area contributed by atoms with Gasteiger partial charge in [0.1, 0.15) is 0 Å². The number of nitrogens with one attached hydrogen (secondary N) is 2. The van der Waals surface area contributed by atoms with Gasteiger partial charge in [0, 0.05) is 5.69 Å². The van der Waals surface area contributed by atoms with E-state index in [-0.39, 0.29) is 11.6 Å². The lowest BCUT2D eigenvalue weighted by atomic mass is 10.0. The average Bonchev–Trinajstić information content (AvgIpc) is 2.49. The highest BCUT2D eigenvalue weighted by atomic mass is 32.2. The summed E-state index contributed by atoms with van der Waals surface area (Å²) in [7, 11) is -3.35. The molecule has 124 valence electrons. The molecule has 1 aromatic heterocycles. The Morgan fingerprint density at radius 3 is 2.30 bits per heavy atom. The number of aromatic nitrogens is 2. The summed E-state index contributed by atoms with van der Waals surface area (Å²) in [6.07, 6.45) is 0.550. The van der Waals surface area contributed by atoms with Gasteiger partial charge in [-0.15, -0.1) is 10.2 Å². The van der Waals surface area contributed by atoms with Crippen LogP contribution < -0.4 is 10.0 Å². The Bertz CT molecular complexity index is 743. The lowest BCUT2D eigenvalue weighted by Gasteiger charge is -2.14. The number of anilines is 3. The second kappa shape index (κ2) is 7.41. The zero-order valence-corrected chi connectivity index (χ0v) is 14.4. The SMILES string of the molecule is CCCS(=O)(=O)Nc1ccc(Nc2ccccc2C(C)C)nn1. The summed E-state index contributed by atoms with van der Waals surface area (Å²) in [4.78, 5) is 0. The molecule has 2 rings (SSSR count). The monoisotopic (exact) mass is 334 g/mol. The van der Waals surface area contributed by atoms with Gasteiger partial charge in [0.15, 0.2) is 11.6 Å². The molecule has 0 bridgehead atoms. The van der Waals surface area contributed by atoms with Gasteiger partial charge in [-0.1, -0.05) is 39.0 Å². The van der Waals surface area contributed by atoms with Crippen LogP contribution in [0.25, 0.3) is 0 Å². The zero-order chi connectivity index (χ0) is 16.9. The van der Waals surface area contributed by atoms with Gasteiger partial charge in [-0.2, -0.15) is 0 Å². The van der Waals surface area contributed by atoms with E-state index in [1.54, 1.807) is 12.1 Å².